The number of hydrogen-bond donors (Lipinski definition) is 0. The molecular weight excluding hydrogens is 313 g/mol. The molecule has 1 heterocycles. The molecule has 0 aromatic heterocycles. The highest BCUT2D eigenvalue weighted by Crippen LogP contribution is 2.38. The summed E-state index contributed by atoms with van der Waals surface area (Å²) in [7, 11) is 0. The van der Waals surface area contributed by atoms with Crippen molar-refractivity contribution in [2.45, 2.75) is 17.2 Å². The van der Waals surface area contributed by atoms with Crippen molar-refractivity contribution in [1.82, 2.24) is 0 Å². The smallest absolute Gasteiger partial charge is 0.293 e. The van der Waals surface area contributed by atoms with Crippen molar-refractivity contribution < 1.29 is 4.79 Å². The minimum absolute atomic E-state index is 0.465. The van der Waals surface area contributed by atoms with Crippen molar-refractivity contribution in [3.05, 3.63) is 58.6 Å². The second-order valence-electron chi connectivity index (χ2n) is 4.51. The van der Waals surface area contributed by atoms with Crippen LogP contribution in [0.25, 0.3) is 0 Å². The van der Waals surface area contributed by atoms with E-state index in [1.807, 2.05) is 30.3 Å². The minimum Gasteiger partial charge on any atom is -0.293 e. The summed E-state index contributed by atoms with van der Waals surface area (Å²) in [5.74, 6) is 0.870. The number of rotatable bonds is 0. The molecule has 0 fully saturated rings. The van der Waals surface area contributed by atoms with E-state index in [1.165, 1.54) is 5.56 Å². The van der Waals surface area contributed by atoms with Crippen LogP contribution in [0.5, 0.6) is 0 Å². The Labute approximate surface area is 131 Å². The topological polar surface area (TPSA) is 20.3 Å². The van der Waals surface area contributed by atoms with E-state index in [2.05, 4.69) is 6.07 Å². The van der Waals surface area contributed by atoms with E-state index in [-0.39, 0.29) is 0 Å². The molecule has 0 radical (unpaired) electrons. The molecule has 1 aliphatic heterocycles. The molecule has 0 unspecified atom stereocenters. The SMILES string of the molecule is O=C(Cl)N1Cc2ccccc2CSc2ccc(Cl)cc21. The summed E-state index contributed by atoms with van der Waals surface area (Å²) in [5.41, 5.74) is 3.11. The normalized spacial score (nSPS) is 14.0. The zero-order valence-corrected chi connectivity index (χ0v) is 12.8. The van der Waals surface area contributed by atoms with Crippen molar-refractivity contribution in [2.75, 3.05) is 4.90 Å². The second kappa shape index (κ2) is 5.68. The number of fused-ring (bicyclic) bond motifs is 2. The predicted octanol–water partition coefficient (Wildman–Crippen LogP) is 5.31. The number of thioether (sulfide) groups is 1. The highest BCUT2D eigenvalue weighted by atomic mass is 35.5. The third-order valence-electron chi connectivity index (χ3n) is 3.25. The number of carbonyl (C=O) groups is 1. The van der Waals surface area contributed by atoms with Gasteiger partial charge in [-0.15, -0.1) is 11.8 Å². The van der Waals surface area contributed by atoms with Crippen molar-refractivity contribution in [3.8, 4) is 0 Å². The summed E-state index contributed by atoms with van der Waals surface area (Å²) in [6, 6.07) is 13.6. The first-order valence-electron chi connectivity index (χ1n) is 6.11. The van der Waals surface area contributed by atoms with Crippen LogP contribution in [0.4, 0.5) is 10.5 Å². The van der Waals surface area contributed by atoms with Crippen LogP contribution in [-0.2, 0) is 12.3 Å². The molecule has 1 amide bonds. The van der Waals surface area contributed by atoms with Gasteiger partial charge in [-0.05, 0) is 40.9 Å². The van der Waals surface area contributed by atoms with Crippen LogP contribution in [0.2, 0.25) is 5.02 Å². The van der Waals surface area contributed by atoms with Gasteiger partial charge in [-0.25, -0.2) is 0 Å². The fourth-order valence-corrected chi connectivity index (χ4v) is 3.63. The van der Waals surface area contributed by atoms with Crippen molar-refractivity contribution >= 4 is 46.0 Å². The lowest BCUT2D eigenvalue weighted by Gasteiger charge is -2.26. The van der Waals surface area contributed by atoms with Crippen LogP contribution >= 0.6 is 35.0 Å². The molecular formula is C15H11Cl2NOS. The molecule has 0 N–H and O–H groups in total. The van der Waals surface area contributed by atoms with E-state index in [0.29, 0.717) is 11.6 Å². The Hall–Kier alpha value is -1.16. The van der Waals surface area contributed by atoms with Gasteiger partial charge in [0.1, 0.15) is 0 Å². The number of amides is 1. The van der Waals surface area contributed by atoms with Crippen LogP contribution < -0.4 is 4.90 Å². The fraction of sp³-hybridized carbons (Fsp3) is 0.133. The summed E-state index contributed by atoms with van der Waals surface area (Å²) in [6.45, 7) is 0.465. The highest BCUT2D eigenvalue weighted by molar-refractivity contribution is 7.98. The van der Waals surface area contributed by atoms with Gasteiger partial charge in [-0.1, -0.05) is 35.9 Å². The van der Waals surface area contributed by atoms with Crippen LogP contribution in [-0.4, -0.2) is 5.37 Å². The summed E-state index contributed by atoms with van der Waals surface area (Å²) in [4.78, 5) is 14.4. The van der Waals surface area contributed by atoms with Gasteiger partial charge in [0.05, 0.1) is 12.2 Å². The molecule has 0 spiro atoms. The second-order valence-corrected chi connectivity index (χ2v) is 6.29. The van der Waals surface area contributed by atoms with Gasteiger partial charge in [-0.2, -0.15) is 0 Å². The van der Waals surface area contributed by atoms with E-state index in [4.69, 9.17) is 23.2 Å². The zero-order chi connectivity index (χ0) is 14.1. The molecule has 2 aromatic carbocycles. The van der Waals surface area contributed by atoms with E-state index >= 15 is 0 Å². The average Bonchev–Trinajstić information content (AvgIpc) is 2.42. The van der Waals surface area contributed by atoms with E-state index in [1.54, 1.807) is 22.7 Å². The minimum atomic E-state index is -0.495. The third-order valence-corrected chi connectivity index (χ3v) is 4.80. The van der Waals surface area contributed by atoms with Crippen LogP contribution in [0, 0.1) is 0 Å². The molecule has 0 aliphatic carbocycles. The van der Waals surface area contributed by atoms with Crippen molar-refractivity contribution in [2.24, 2.45) is 0 Å². The molecule has 2 nitrogen and oxygen atoms in total. The van der Waals surface area contributed by atoms with Crippen molar-refractivity contribution in [3.63, 3.8) is 0 Å². The molecule has 0 saturated heterocycles. The van der Waals surface area contributed by atoms with Gasteiger partial charge in [-0.3, -0.25) is 9.69 Å². The van der Waals surface area contributed by atoms with Gasteiger partial charge in [0, 0.05) is 15.7 Å². The first kappa shape index (κ1) is 13.8. The molecule has 20 heavy (non-hydrogen) atoms. The number of anilines is 1. The van der Waals surface area contributed by atoms with Crippen LogP contribution in [0.3, 0.4) is 0 Å². The molecule has 1 aliphatic rings. The van der Waals surface area contributed by atoms with E-state index in [9.17, 15) is 4.79 Å². The highest BCUT2D eigenvalue weighted by Gasteiger charge is 2.22. The average molecular weight is 324 g/mol. The Morgan fingerprint density at radius 3 is 2.65 bits per heavy atom. The summed E-state index contributed by atoms with van der Waals surface area (Å²) in [6.07, 6.45) is 0. The predicted molar refractivity (Wildman–Crippen MR) is 84.9 cm³/mol. The molecule has 102 valence electrons. The lowest BCUT2D eigenvalue weighted by Crippen LogP contribution is -2.27. The first-order chi connectivity index (χ1) is 9.65. The maximum absolute atomic E-state index is 11.8. The number of hydrogen-bond acceptors (Lipinski definition) is 2. The molecule has 2 aromatic rings. The fourth-order valence-electron chi connectivity index (χ4n) is 2.24. The maximum atomic E-state index is 11.8. The lowest BCUT2D eigenvalue weighted by atomic mass is 10.1. The Bertz CT molecular complexity index is 675. The molecule has 0 atom stereocenters. The summed E-state index contributed by atoms with van der Waals surface area (Å²) < 4.78 is 0. The van der Waals surface area contributed by atoms with Gasteiger partial charge in [0.25, 0.3) is 0 Å². The molecule has 0 bridgehead atoms. The largest absolute Gasteiger partial charge is 0.321 e. The Balaban J connectivity index is 2.11. The Morgan fingerprint density at radius 2 is 1.90 bits per heavy atom. The Kier molecular flexibility index (Phi) is 3.92. The number of nitrogens with zero attached hydrogens (tertiary/aromatic N) is 1. The van der Waals surface area contributed by atoms with Crippen LogP contribution in [0.1, 0.15) is 11.1 Å². The van der Waals surface area contributed by atoms with Gasteiger partial charge >= 0.3 is 5.37 Å². The molecule has 3 rings (SSSR count). The number of benzene rings is 2. The summed E-state index contributed by atoms with van der Waals surface area (Å²) >= 11 is 13.5. The van der Waals surface area contributed by atoms with Crippen LogP contribution in [0.15, 0.2) is 47.4 Å². The van der Waals surface area contributed by atoms with Gasteiger partial charge < -0.3 is 0 Å². The summed E-state index contributed by atoms with van der Waals surface area (Å²) in [5, 5.41) is 0.104. The zero-order valence-electron chi connectivity index (χ0n) is 10.5. The van der Waals surface area contributed by atoms with E-state index in [0.717, 1.165) is 21.9 Å². The standard InChI is InChI=1S/C15H11Cl2NOS/c16-12-5-6-14-13(7-12)18(15(17)19)8-10-3-1-2-4-11(10)9-20-14/h1-7H,8-9H2. The Morgan fingerprint density at radius 1 is 1.15 bits per heavy atom. The number of halogens is 2. The lowest BCUT2D eigenvalue weighted by molar-refractivity contribution is 0.264. The quantitative estimate of drug-likeness (QED) is 0.483. The number of carbonyl (C=O) groups excluding carboxylic acids is 1. The maximum Gasteiger partial charge on any atom is 0.321 e. The van der Waals surface area contributed by atoms with Gasteiger partial charge in [0.15, 0.2) is 0 Å². The first-order valence-corrected chi connectivity index (χ1v) is 7.85. The molecule has 0 saturated carbocycles. The third kappa shape index (κ3) is 2.66. The van der Waals surface area contributed by atoms with Crippen molar-refractivity contribution in [1.29, 1.82) is 0 Å². The van der Waals surface area contributed by atoms with Gasteiger partial charge in [0.2, 0.25) is 0 Å². The monoisotopic (exact) mass is 323 g/mol. The molecule has 5 heteroatoms. The van der Waals surface area contributed by atoms with E-state index < -0.39 is 5.37 Å².